The number of anilines is 2. The SMILES string of the molecule is O=C(NCc1ccc(Oc2ccccc2)cc1)c1nnc(-c2cccc(NS(=O)(=O)C(F)(F)F)c2)o1.O=C(c1nnc(-c2cccc(NS(=O)(=O)C(F)(F)F)c2)o1)N1CCC(Cc2ccccc2)CC1. The largest absolute Gasteiger partial charge is 0.516 e. The van der Waals surface area contributed by atoms with Gasteiger partial charge in [0.05, 0.1) is 0 Å². The number of carbonyl (C=O) groups excluding carboxylic acids is 2. The van der Waals surface area contributed by atoms with Crippen molar-refractivity contribution in [2.24, 2.45) is 5.92 Å². The van der Waals surface area contributed by atoms with Crippen LogP contribution in [0.2, 0.25) is 0 Å². The Morgan fingerprint density at radius 1 is 0.600 bits per heavy atom. The van der Waals surface area contributed by atoms with Crippen molar-refractivity contribution in [1.82, 2.24) is 30.6 Å². The van der Waals surface area contributed by atoms with Gasteiger partial charge in [0.1, 0.15) is 11.5 Å². The van der Waals surface area contributed by atoms with Crippen molar-refractivity contribution >= 4 is 43.2 Å². The summed E-state index contributed by atoms with van der Waals surface area (Å²) < 4.78 is 140. The van der Waals surface area contributed by atoms with Crippen LogP contribution in [0.25, 0.3) is 22.9 Å². The molecule has 1 aliphatic rings. The molecule has 1 fully saturated rings. The van der Waals surface area contributed by atoms with Crippen molar-refractivity contribution in [2.75, 3.05) is 22.5 Å². The van der Waals surface area contributed by atoms with Crippen molar-refractivity contribution in [1.29, 1.82) is 0 Å². The summed E-state index contributed by atoms with van der Waals surface area (Å²) in [5.41, 5.74) is -9.33. The van der Waals surface area contributed by atoms with E-state index in [4.69, 9.17) is 13.6 Å². The Hall–Kier alpha value is -7.80. The summed E-state index contributed by atoms with van der Waals surface area (Å²) in [7, 11) is -11.2. The van der Waals surface area contributed by atoms with E-state index in [0.29, 0.717) is 30.5 Å². The molecule has 0 aliphatic carbocycles. The number of nitrogens with zero attached hydrogens (tertiary/aromatic N) is 5. The Morgan fingerprint density at radius 2 is 1.09 bits per heavy atom. The Bertz CT molecular complexity index is 3130. The number of benzene rings is 5. The zero-order chi connectivity index (χ0) is 50.1. The summed E-state index contributed by atoms with van der Waals surface area (Å²) in [5.74, 6) is -0.239. The monoisotopic (exact) mass is 1010 g/mol. The summed E-state index contributed by atoms with van der Waals surface area (Å²) in [5, 5.41) is 17.5. The van der Waals surface area contributed by atoms with Crippen LogP contribution in [0.3, 0.4) is 0 Å². The van der Waals surface area contributed by atoms with Crippen LogP contribution in [0.4, 0.5) is 37.7 Å². The highest BCUT2D eigenvalue weighted by Gasteiger charge is 2.47. The summed E-state index contributed by atoms with van der Waals surface area (Å²) in [6.45, 7) is 1.24. The molecule has 3 heterocycles. The first kappa shape index (κ1) is 50.1. The van der Waals surface area contributed by atoms with E-state index in [9.17, 15) is 52.8 Å². The van der Waals surface area contributed by atoms with Crippen LogP contribution in [0, 0.1) is 5.92 Å². The average Bonchev–Trinajstić information content (AvgIpc) is 4.04. The molecule has 0 bridgehead atoms. The molecule has 0 unspecified atom stereocenters. The number of para-hydroxylation sites is 1. The standard InChI is InChI=1S/C23H17F3N4O5S.C22H21F3N4O4S/c24-23(25,26)36(32,33)30-17-6-4-5-16(13-17)21-28-29-22(35-21)20(31)27-14-15-9-11-19(12-10-15)34-18-7-2-1-3-8-18;23-22(24,25)34(31,32)28-18-8-4-7-17(14-18)19-26-27-20(33-19)21(30)29-11-9-16(10-12-29)13-15-5-2-1-3-6-15/h1-13,30H,14H2,(H,27,31);1-8,14,16,28H,9-13H2. The van der Waals surface area contributed by atoms with Crippen LogP contribution in [0.15, 0.2) is 142 Å². The second-order valence-electron chi connectivity index (χ2n) is 15.3. The van der Waals surface area contributed by atoms with E-state index < -0.39 is 42.9 Å². The molecule has 70 heavy (non-hydrogen) atoms. The van der Waals surface area contributed by atoms with Crippen molar-refractivity contribution in [3.8, 4) is 34.4 Å². The minimum atomic E-state index is -5.60. The number of ether oxygens (including phenoxy) is 1. The van der Waals surface area contributed by atoms with Crippen molar-refractivity contribution in [3.05, 3.63) is 156 Å². The number of alkyl halides is 6. The van der Waals surface area contributed by atoms with Gasteiger partial charge in [0.15, 0.2) is 0 Å². The number of rotatable bonds is 14. The Balaban J connectivity index is 0.000000207. The molecule has 3 N–H and O–H groups in total. The Kier molecular flexibility index (Phi) is 15.2. The van der Waals surface area contributed by atoms with Crippen LogP contribution in [-0.4, -0.2) is 78.1 Å². The lowest BCUT2D eigenvalue weighted by Crippen LogP contribution is -2.39. The lowest BCUT2D eigenvalue weighted by atomic mass is 9.90. The molecule has 5 aromatic carbocycles. The highest BCUT2D eigenvalue weighted by atomic mass is 32.2. The van der Waals surface area contributed by atoms with E-state index in [0.717, 1.165) is 49.1 Å². The molecule has 25 heteroatoms. The summed E-state index contributed by atoms with van der Waals surface area (Å²) >= 11 is 0. The predicted octanol–water partition coefficient (Wildman–Crippen LogP) is 8.81. The molecule has 0 saturated carbocycles. The van der Waals surface area contributed by atoms with Crippen LogP contribution < -0.4 is 19.5 Å². The van der Waals surface area contributed by atoms with Gasteiger partial charge < -0.3 is 23.8 Å². The third-order valence-corrected chi connectivity index (χ3v) is 12.4. The maximum Gasteiger partial charge on any atom is 0.516 e. The van der Waals surface area contributed by atoms with Gasteiger partial charge in [-0.3, -0.25) is 19.0 Å². The molecule has 1 saturated heterocycles. The molecular weight excluding hydrogens is 975 g/mol. The van der Waals surface area contributed by atoms with Gasteiger partial charge in [0.2, 0.25) is 11.8 Å². The first-order valence-corrected chi connectivity index (χ1v) is 23.7. The predicted molar refractivity (Wildman–Crippen MR) is 240 cm³/mol. The summed E-state index contributed by atoms with van der Waals surface area (Å²) in [6, 6.07) is 36.3. The molecule has 366 valence electrons. The zero-order valence-corrected chi connectivity index (χ0v) is 37.6. The number of aromatic nitrogens is 4. The molecule has 8 rings (SSSR count). The third kappa shape index (κ3) is 13.0. The van der Waals surface area contributed by atoms with Crippen molar-refractivity contribution in [3.63, 3.8) is 0 Å². The van der Waals surface area contributed by atoms with E-state index >= 15 is 0 Å². The Morgan fingerprint density at radius 3 is 1.61 bits per heavy atom. The number of halogens is 6. The number of hydrogen-bond donors (Lipinski definition) is 3. The van der Waals surface area contributed by atoms with Crippen LogP contribution in [0.1, 0.15) is 45.3 Å². The fraction of sp³-hybridized carbons (Fsp3) is 0.200. The quantitative estimate of drug-likeness (QED) is 0.0866. The topological polar surface area (TPSA) is 229 Å². The van der Waals surface area contributed by atoms with E-state index in [-0.39, 0.29) is 52.6 Å². The highest BCUT2D eigenvalue weighted by molar-refractivity contribution is 7.93. The minimum absolute atomic E-state index is 0.109. The fourth-order valence-corrected chi connectivity index (χ4v) is 7.80. The maximum atomic E-state index is 12.8. The molecule has 0 spiro atoms. The van der Waals surface area contributed by atoms with Gasteiger partial charge in [0, 0.05) is 42.1 Å². The van der Waals surface area contributed by atoms with Crippen LogP contribution in [-0.2, 0) is 33.0 Å². The molecule has 17 nitrogen and oxygen atoms in total. The Labute approximate surface area is 395 Å². The average molecular weight is 1010 g/mol. The van der Waals surface area contributed by atoms with Crippen molar-refractivity contribution in [2.45, 2.75) is 36.8 Å². The third-order valence-electron chi connectivity index (χ3n) is 10.2. The van der Waals surface area contributed by atoms with Gasteiger partial charge in [-0.15, -0.1) is 20.4 Å². The van der Waals surface area contributed by atoms with E-state index in [1.54, 1.807) is 29.2 Å². The number of hydrogen-bond acceptors (Lipinski definition) is 13. The van der Waals surface area contributed by atoms with Gasteiger partial charge >= 0.3 is 54.7 Å². The maximum absolute atomic E-state index is 12.8. The fourth-order valence-electron chi connectivity index (χ4n) is 6.70. The second-order valence-corrected chi connectivity index (χ2v) is 18.6. The highest BCUT2D eigenvalue weighted by Crippen LogP contribution is 2.30. The van der Waals surface area contributed by atoms with Gasteiger partial charge in [-0.2, -0.15) is 43.2 Å². The lowest BCUT2D eigenvalue weighted by molar-refractivity contribution is -0.0435. The first-order valence-electron chi connectivity index (χ1n) is 20.7. The van der Waals surface area contributed by atoms with Gasteiger partial charge in [-0.05, 0) is 97.0 Å². The number of likely N-dealkylation sites (tertiary alicyclic amines) is 1. The zero-order valence-electron chi connectivity index (χ0n) is 36.0. The van der Waals surface area contributed by atoms with Gasteiger partial charge in [0.25, 0.3) is 0 Å². The molecule has 7 aromatic rings. The smallest absolute Gasteiger partial charge is 0.457 e. The summed E-state index contributed by atoms with van der Waals surface area (Å²) in [4.78, 5) is 26.8. The van der Waals surface area contributed by atoms with Crippen LogP contribution in [0.5, 0.6) is 11.5 Å². The lowest BCUT2D eigenvalue weighted by Gasteiger charge is -2.31. The molecule has 0 radical (unpaired) electrons. The molecule has 2 amide bonds. The minimum Gasteiger partial charge on any atom is -0.457 e. The number of nitrogens with one attached hydrogen (secondary N) is 3. The molecule has 2 aromatic heterocycles. The molecule has 1 aliphatic heterocycles. The van der Waals surface area contributed by atoms with Crippen LogP contribution >= 0.6 is 0 Å². The first-order chi connectivity index (χ1) is 33.2. The number of piperidine rings is 1. The van der Waals surface area contributed by atoms with Gasteiger partial charge in [-0.25, -0.2) is 0 Å². The number of sulfonamides is 2. The molecular formula is C45H38F6N8O9S2. The summed E-state index contributed by atoms with van der Waals surface area (Å²) in [6.07, 6.45) is 2.62. The normalized spacial score (nSPS) is 13.4. The number of amides is 2. The molecule has 0 atom stereocenters. The second kappa shape index (κ2) is 21.2. The number of carbonyl (C=O) groups is 2. The van der Waals surface area contributed by atoms with Gasteiger partial charge in [-0.1, -0.05) is 72.8 Å². The van der Waals surface area contributed by atoms with Crippen molar-refractivity contribution < 1.29 is 66.3 Å². The van der Waals surface area contributed by atoms with E-state index in [1.807, 2.05) is 48.5 Å². The van der Waals surface area contributed by atoms with E-state index in [2.05, 4.69) is 37.8 Å². The van der Waals surface area contributed by atoms with E-state index in [1.165, 1.54) is 39.3 Å².